The van der Waals surface area contributed by atoms with Crippen molar-refractivity contribution in [3.8, 4) is 5.75 Å². The summed E-state index contributed by atoms with van der Waals surface area (Å²) in [6.45, 7) is 3.56. The van der Waals surface area contributed by atoms with Crippen LogP contribution in [0.15, 0.2) is 18.6 Å². The first-order valence-corrected chi connectivity index (χ1v) is 4.96. The van der Waals surface area contributed by atoms with Crippen molar-refractivity contribution in [1.29, 1.82) is 0 Å². The Hall–Kier alpha value is -1.79. The zero-order chi connectivity index (χ0) is 12.6. The van der Waals surface area contributed by atoms with Crippen molar-refractivity contribution in [2.24, 2.45) is 0 Å². The van der Waals surface area contributed by atoms with E-state index in [1.807, 2.05) is 0 Å². The lowest BCUT2D eigenvalue weighted by Crippen LogP contribution is -2.18. The molecule has 2 heterocycles. The van der Waals surface area contributed by atoms with E-state index >= 15 is 0 Å². The highest BCUT2D eigenvalue weighted by atomic mass is 19.4. The molecule has 0 atom stereocenters. The molecule has 0 amide bonds. The van der Waals surface area contributed by atoms with Crippen LogP contribution < -0.4 is 4.74 Å². The average Bonchev–Trinajstić information content (AvgIpc) is 2.60. The third-order valence-corrected chi connectivity index (χ3v) is 2.25. The molecule has 2 aromatic rings. The number of aromatic nitrogens is 3. The number of pyridine rings is 1. The Morgan fingerprint density at radius 3 is 2.65 bits per heavy atom. The van der Waals surface area contributed by atoms with E-state index in [9.17, 15) is 13.2 Å². The molecular formula is C10H10F3N3O. The van der Waals surface area contributed by atoms with Gasteiger partial charge in [0.1, 0.15) is 12.1 Å². The minimum absolute atomic E-state index is 0.110. The Bertz CT molecular complexity index is 533. The highest BCUT2D eigenvalue weighted by molar-refractivity contribution is 5.48. The van der Waals surface area contributed by atoms with E-state index in [0.29, 0.717) is 11.2 Å². The van der Waals surface area contributed by atoms with Crippen LogP contribution in [0.5, 0.6) is 5.75 Å². The number of hydrogen-bond acceptors (Lipinski definition) is 3. The minimum Gasteiger partial charge on any atom is -0.405 e. The number of hydrogen-bond donors (Lipinski definition) is 0. The van der Waals surface area contributed by atoms with E-state index in [4.69, 9.17) is 0 Å². The van der Waals surface area contributed by atoms with Crippen LogP contribution in [0.1, 0.15) is 25.3 Å². The molecule has 7 heteroatoms. The highest BCUT2D eigenvalue weighted by Crippen LogP contribution is 2.31. The fourth-order valence-corrected chi connectivity index (χ4v) is 1.50. The molecule has 0 saturated heterocycles. The van der Waals surface area contributed by atoms with Gasteiger partial charge in [-0.3, -0.25) is 0 Å². The number of nitrogens with zero attached hydrogens (tertiary/aromatic N) is 3. The number of rotatable bonds is 2. The molecule has 0 fully saturated rings. The Balaban J connectivity index is 2.53. The van der Waals surface area contributed by atoms with Gasteiger partial charge in [0.15, 0.2) is 5.65 Å². The summed E-state index contributed by atoms with van der Waals surface area (Å²) in [5.41, 5.74) is 0.744. The van der Waals surface area contributed by atoms with Crippen LogP contribution in [0.4, 0.5) is 13.2 Å². The first kappa shape index (κ1) is 11.7. The van der Waals surface area contributed by atoms with Gasteiger partial charge in [-0.05, 0) is 5.92 Å². The molecule has 0 aliphatic heterocycles. The quantitative estimate of drug-likeness (QED) is 0.816. The van der Waals surface area contributed by atoms with Crippen LogP contribution in [0.25, 0.3) is 5.65 Å². The van der Waals surface area contributed by atoms with Crippen molar-refractivity contribution >= 4 is 5.65 Å². The van der Waals surface area contributed by atoms with Gasteiger partial charge in [0, 0.05) is 17.8 Å². The molecule has 0 saturated carbocycles. The lowest BCUT2D eigenvalue weighted by Gasteiger charge is -2.15. The monoisotopic (exact) mass is 245 g/mol. The first-order valence-electron chi connectivity index (χ1n) is 4.96. The maximum atomic E-state index is 12.2. The first-order chi connectivity index (χ1) is 7.87. The second-order valence-corrected chi connectivity index (χ2v) is 3.86. The van der Waals surface area contributed by atoms with Gasteiger partial charge in [-0.15, -0.1) is 13.2 Å². The average molecular weight is 245 g/mol. The van der Waals surface area contributed by atoms with Gasteiger partial charge in [0.25, 0.3) is 0 Å². The van der Waals surface area contributed by atoms with Crippen molar-refractivity contribution < 1.29 is 17.9 Å². The number of halogens is 3. The molecule has 0 aliphatic carbocycles. The van der Waals surface area contributed by atoms with E-state index in [0.717, 1.165) is 0 Å². The summed E-state index contributed by atoms with van der Waals surface area (Å²) >= 11 is 0. The summed E-state index contributed by atoms with van der Waals surface area (Å²) in [5, 5.41) is 3.87. The predicted octanol–water partition coefficient (Wildman–Crippen LogP) is 2.75. The summed E-state index contributed by atoms with van der Waals surface area (Å²) in [5.74, 6) is -0.339. The van der Waals surface area contributed by atoms with Gasteiger partial charge < -0.3 is 4.74 Å². The molecule has 0 bridgehead atoms. The van der Waals surface area contributed by atoms with Crippen LogP contribution in [0.2, 0.25) is 0 Å². The molecule has 0 aliphatic rings. The summed E-state index contributed by atoms with van der Waals surface area (Å²) in [4.78, 5) is 3.81. The van der Waals surface area contributed by atoms with Crippen molar-refractivity contribution in [1.82, 2.24) is 14.6 Å². The number of fused-ring (bicyclic) bond motifs is 1. The Labute approximate surface area is 95.0 Å². The molecule has 0 aromatic carbocycles. The summed E-state index contributed by atoms with van der Waals surface area (Å²) in [6, 6.07) is 1.23. The van der Waals surface area contributed by atoms with Gasteiger partial charge >= 0.3 is 6.36 Å². The molecule has 0 N–H and O–H groups in total. The fourth-order valence-electron chi connectivity index (χ4n) is 1.50. The normalized spacial score (nSPS) is 12.4. The van der Waals surface area contributed by atoms with Gasteiger partial charge in [0.05, 0.1) is 0 Å². The molecule has 17 heavy (non-hydrogen) atoms. The van der Waals surface area contributed by atoms with Gasteiger partial charge in [-0.1, -0.05) is 13.8 Å². The second kappa shape index (κ2) is 3.90. The summed E-state index contributed by atoms with van der Waals surface area (Å²) < 4.78 is 42.1. The maximum Gasteiger partial charge on any atom is 0.573 e. The van der Waals surface area contributed by atoms with Crippen LogP contribution in [-0.4, -0.2) is 21.0 Å². The lowest BCUT2D eigenvalue weighted by molar-refractivity contribution is -0.274. The van der Waals surface area contributed by atoms with Crippen molar-refractivity contribution in [2.45, 2.75) is 26.1 Å². The van der Waals surface area contributed by atoms with Gasteiger partial charge in [-0.2, -0.15) is 5.10 Å². The Kier molecular flexibility index (Phi) is 2.68. The molecule has 0 unspecified atom stereocenters. The van der Waals surface area contributed by atoms with Crippen LogP contribution >= 0.6 is 0 Å². The van der Waals surface area contributed by atoms with E-state index < -0.39 is 6.36 Å². The highest BCUT2D eigenvalue weighted by Gasteiger charge is 2.32. The summed E-state index contributed by atoms with van der Waals surface area (Å²) in [7, 11) is 0. The lowest BCUT2D eigenvalue weighted by atomic mass is 10.1. The molecule has 4 nitrogen and oxygen atoms in total. The van der Waals surface area contributed by atoms with Gasteiger partial charge in [0.2, 0.25) is 0 Å². The van der Waals surface area contributed by atoms with Crippen LogP contribution in [0, 0.1) is 0 Å². The maximum absolute atomic E-state index is 12.2. The zero-order valence-electron chi connectivity index (χ0n) is 9.19. The predicted molar refractivity (Wildman–Crippen MR) is 53.8 cm³/mol. The van der Waals surface area contributed by atoms with Crippen LogP contribution in [0.3, 0.4) is 0 Å². The molecular weight excluding hydrogens is 235 g/mol. The van der Waals surface area contributed by atoms with Crippen molar-refractivity contribution in [2.75, 3.05) is 0 Å². The standard InChI is InChI=1S/C10H10F3N3O/c1-6(2)7-4-16-9(14-5-15-16)3-8(7)17-10(11,12)13/h3-6H,1-2H3. The van der Waals surface area contributed by atoms with Crippen LogP contribution in [-0.2, 0) is 0 Å². The fraction of sp³-hybridized carbons (Fsp3) is 0.400. The van der Waals surface area contributed by atoms with E-state index in [1.165, 1.54) is 23.1 Å². The van der Waals surface area contributed by atoms with Gasteiger partial charge in [-0.25, -0.2) is 9.50 Å². The molecule has 2 aromatic heterocycles. The van der Waals surface area contributed by atoms with Crippen molar-refractivity contribution in [3.63, 3.8) is 0 Å². The molecule has 92 valence electrons. The molecule has 0 radical (unpaired) electrons. The second-order valence-electron chi connectivity index (χ2n) is 3.86. The minimum atomic E-state index is -4.71. The number of ether oxygens (including phenoxy) is 1. The summed E-state index contributed by atoms with van der Waals surface area (Å²) in [6.07, 6.45) is -1.94. The van der Waals surface area contributed by atoms with E-state index in [-0.39, 0.29) is 11.7 Å². The van der Waals surface area contributed by atoms with E-state index in [1.54, 1.807) is 13.8 Å². The largest absolute Gasteiger partial charge is 0.573 e. The molecule has 2 rings (SSSR count). The molecule has 0 spiro atoms. The Morgan fingerprint density at radius 2 is 2.06 bits per heavy atom. The third kappa shape index (κ3) is 2.48. The Morgan fingerprint density at radius 1 is 1.35 bits per heavy atom. The number of alkyl halides is 3. The zero-order valence-corrected chi connectivity index (χ0v) is 9.19. The topological polar surface area (TPSA) is 39.4 Å². The third-order valence-electron chi connectivity index (χ3n) is 2.25. The van der Waals surface area contributed by atoms with Crippen molar-refractivity contribution in [3.05, 3.63) is 24.2 Å². The van der Waals surface area contributed by atoms with E-state index in [2.05, 4.69) is 14.8 Å². The SMILES string of the molecule is CC(C)c1cn2ncnc2cc1OC(F)(F)F. The smallest absolute Gasteiger partial charge is 0.405 e.